The van der Waals surface area contributed by atoms with Gasteiger partial charge in [0.2, 0.25) is 0 Å². The van der Waals surface area contributed by atoms with Gasteiger partial charge in [-0.3, -0.25) is 4.79 Å². The summed E-state index contributed by atoms with van der Waals surface area (Å²) in [5.74, 6) is 0.0237. The molecule has 104 valence electrons. The topological polar surface area (TPSA) is 76.0 Å². The van der Waals surface area contributed by atoms with Gasteiger partial charge >= 0.3 is 5.97 Å². The van der Waals surface area contributed by atoms with Crippen LogP contribution in [0.4, 0.5) is 0 Å². The van der Waals surface area contributed by atoms with Gasteiger partial charge in [0.1, 0.15) is 5.75 Å². The Morgan fingerprint density at radius 1 is 1.42 bits per heavy atom. The number of carbonyl (C=O) groups is 1. The van der Waals surface area contributed by atoms with Crippen molar-refractivity contribution in [3.63, 3.8) is 0 Å². The van der Waals surface area contributed by atoms with Gasteiger partial charge < -0.3 is 19.7 Å². The molecule has 0 aliphatic heterocycles. The lowest BCUT2D eigenvalue weighted by Gasteiger charge is -2.20. The number of aromatic hydroxyl groups is 1. The maximum absolute atomic E-state index is 11.0. The highest BCUT2D eigenvalue weighted by atomic mass is 79.9. The highest BCUT2D eigenvalue weighted by molar-refractivity contribution is 9.10. The predicted octanol–water partition coefficient (Wildman–Crippen LogP) is 2.68. The molecule has 0 atom stereocenters. The zero-order chi connectivity index (χ0) is 14.2. The molecular weight excluding hydrogens is 316 g/mol. The van der Waals surface area contributed by atoms with E-state index in [9.17, 15) is 9.90 Å². The molecular formula is C13H15BrO5. The summed E-state index contributed by atoms with van der Waals surface area (Å²) in [5, 5.41) is 19.2. The molecule has 0 spiro atoms. The van der Waals surface area contributed by atoms with Gasteiger partial charge in [-0.05, 0) is 28.8 Å². The van der Waals surface area contributed by atoms with E-state index in [1.54, 1.807) is 0 Å². The van der Waals surface area contributed by atoms with Crippen molar-refractivity contribution in [2.45, 2.75) is 24.7 Å². The van der Waals surface area contributed by atoms with Crippen LogP contribution in [-0.4, -0.2) is 30.4 Å². The lowest BCUT2D eigenvalue weighted by atomic mass is 9.91. The molecule has 2 N–H and O–H groups in total. The monoisotopic (exact) mass is 330 g/mol. The molecule has 1 aliphatic carbocycles. The van der Waals surface area contributed by atoms with Gasteiger partial charge in [-0.2, -0.15) is 0 Å². The van der Waals surface area contributed by atoms with E-state index in [-0.39, 0.29) is 12.2 Å². The van der Waals surface area contributed by atoms with Crippen LogP contribution in [-0.2, 0) is 10.2 Å². The smallest absolute Gasteiger partial charge is 0.304 e. The fourth-order valence-corrected chi connectivity index (χ4v) is 3.38. The van der Waals surface area contributed by atoms with E-state index in [0.29, 0.717) is 21.5 Å². The fourth-order valence-electron chi connectivity index (χ4n) is 2.40. The number of phenolic OH excluding ortho intramolecular Hbond substituents is 1. The van der Waals surface area contributed by atoms with Gasteiger partial charge in [-0.15, -0.1) is 0 Å². The molecule has 1 fully saturated rings. The number of aliphatic carboxylic acids is 1. The summed E-state index contributed by atoms with van der Waals surface area (Å²) >= 11 is 3.39. The third-order valence-corrected chi connectivity index (χ3v) is 4.22. The van der Waals surface area contributed by atoms with Crippen molar-refractivity contribution in [3.8, 4) is 17.2 Å². The Kier molecular flexibility index (Phi) is 3.62. The molecule has 6 heteroatoms. The van der Waals surface area contributed by atoms with Crippen LogP contribution in [0, 0.1) is 0 Å². The molecule has 1 aliphatic rings. The molecule has 1 aromatic carbocycles. The van der Waals surface area contributed by atoms with E-state index >= 15 is 0 Å². The number of halogens is 1. The molecule has 0 heterocycles. The van der Waals surface area contributed by atoms with Crippen LogP contribution in [0.2, 0.25) is 0 Å². The molecule has 0 amide bonds. The molecule has 1 saturated carbocycles. The lowest BCUT2D eigenvalue weighted by molar-refractivity contribution is -0.137. The Bertz CT molecular complexity index is 522. The first-order valence-electron chi connectivity index (χ1n) is 5.81. The maximum atomic E-state index is 11.0. The number of phenols is 1. The van der Waals surface area contributed by atoms with Crippen molar-refractivity contribution in [2.24, 2.45) is 0 Å². The molecule has 2 rings (SSSR count). The first-order chi connectivity index (χ1) is 8.95. The van der Waals surface area contributed by atoms with E-state index < -0.39 is 11.4 Å². The van der Waals surface area contributed by atoms with Crippen molar-refractivity contribution >= 4 is 21.9 Å². The molecule has 0 radical (unpaired) electrons. The zero-order valence-corrected chi connectivity index (χ0v) is 12.3. The SMILES string of the molecule is COc1cc(O)c(C2(CC(=O)O)CC2)c(Br)c1OC. The number of hydrogen-bond acceptors (Lipinski definition) is 4. The van der Waals surface area contributed by atoms with Gasteiger partial charge in [0.05, 0.1) is 25.1 Å². The van der Waals surface area contributed by atoms with Crippen LogP contribution in [0.1, 0.15) is 24.8 Å². The number of hydrogen-bond donors (Lipinski definition) is 2. The van der Waals surface area contributed by atoms with Crippen LogP contribution in [0.3, 0.4) is 0 Å². The van der Waals surface area contributed by atoms with Gasteiger partial charge in [-0.1, -0.05) is 0 Å². The van der Waals surface area contributed by atoms with Crippen molar-refractivity contribution in [3.05, 3.63) is 16.1 Å². The van der Waals surface area contributed by atoms with Crippen LogP contribution < -0.4 is 9.47 Å². The van der Waals surface area contributed by atoms with Crippen LogP contribution in [0.25, 0.3) is 0 Å². The summed E-state index contributed by atoms with van der Waals surface area (Å²) in [4.78, 5) is 11.0. The first kappa shape index (κ1) is 14.0. The molecule has 0 saturated heterocycles. The Balaban J connectivity index is 2.55. The Morgan fingerprint density at radius 3 is 2.47 bits per heavy atom. The first-order valence-corrected chi connectivity index (χ1v) is 6.60. The molecule has 0 unspecified atom stereocenters. The van der Waals surface area contributed by atoms with Crippen LogP contribution in [0.15, 0.2) is 10.5 Å². The highest BCUT2D eigenvalue weighted by Crippen LogP contribution is 2.58. The van der Waals surface area contributed by atoms with E-state index in [1.165, 1.54) is 20.3 Å². The normalized spacial score (nSPS) is 15.9. The number of carboxylic acids is 1. The Morgan fingerprint density at radius 2 is 2.05 bits per heavy atom. The second-order valence-corrected chi connectivity index (χ2v) is 5.46. The third-order valence-electron chi connectivity index (χ3n) is 3.46. The average Bonchev–Trinajstić information content (AvgIpc) is 3.07. The van der Waals surface area contributed by atoms with Gasteiger partial charge in [0.15, 0.2) is 11.5 Å². The minimum Gasteiger partial charge on any atom is -0.507 e. The molecule has 5 nitrogen and oxygen atoms in total. The van der Waals surface area contributed by atoms with Crippen molar-refractivity contribution in [1.82, 2.24) is 0 Å². The second kappa shape index (κ2) is 4.92. The number of ether oxygens (including phenoxy) is 2. The van der Waals surface area contributed by atoms with Crippen molar-refractivity contribution < 1.29 is 24.5 Å². The number of carboxylic acid groups (broad SMARTS) is 1. The molecule has 19 heavy (non-hydrogen) atoms. The van der Waals surface area contributed by atoms with E-state index in [2.05, 4.69) is 15.9 Å². The molecule has 1 aromatic rings. The predicted molar refractivity (Wildman–Crippen MR) is 72.1 cm³/mol. The molecule has 0 bridgehead atoms. The Hall–Kier alpha value is -1.43. The molecule has 0 aromatic heterocycles. The van der Waals surface area contributed by atoms with Gasteiger partial charge in [0.25, 0.3) is 0 Å². The summed E-state index contributed by atoms with van der Waals surface area (Å²) in [5.41, 5.74) is 0.0847. The van der Waals surface area contributed by atoms with Crippen LogP contribution in [0.5, 0.6) is 17.2 Å². The summed E-state index contributed by atoms with van der Waals surface area (Å²) in [6.07, 6.45) is 1.47. The van der Waals surface area contributed by atoms with E-state index in [4.69, 9.17) is 14.6 Å². The zero-order valence-electron chi connectivity index (χ0n) is 10.7. The summed E-state index contributed by atoms with van der Waals surface area (Å²) in [6.45, 7) is 0. The quantitative estimate of drug-likeness (QED) is 0.868. The van der Waals surface area contributed by atoms with E-state index in [1.807, 2.05) is 0 Å². The maximum Gasteiger partial charge on any atom is 0.304 e. The lowest BCUT2D eigenvalue weighted by Crippen LogP contribution is -2.14. The Labute approximate surface area is 119 Å². The summed E-state index contributed by atoms with van der Waals surface area (Å²) in [6, 6.07) is 1.46. The van der Waals surface area contributed by atoms with Crippen LogP contribution >= 0.6 is 15.9 Å². The standard InChI is InChI=1S/C13H15BrO5/c1-18-8-5-7(15)10(11(14)12(8)19-2)13(3-4-13)6-9(16)17/h5,15H,3-4,6H2,1-2H3,(H,16,17). The fraction of sp³-hybridized carbons (Fsp3) is 0.462. The average molecular weight is 331 g/mol. The van der Waals surface area contributed by atoms with Gasteiger partial charge in [0, 0.05) is 17.0 Å². The highest BCUT2D eigenvalue weighted by Gasteiger charge is 2.49. The minimum absolute atomic E-state index is 0.00531. The number of methoxy groups -OCH3 is 2. The van der Waals surface area contributed by atoms with Crippen molar-refractivity contribution in [1.29, 1.82) is 0 Å². The third kappa shape index (κ3) is 2.36. The van der Waals surface area contributed by atoms with Gasteiger partial charge in [-0.25, -0.2) is 0 Å². The van der Waals surface area contributed by atoms with E-state index in [0.717, 1.165) is 12.8 Å². The largest absolute Gasteiger partial charge is 0.507 e. The minimum atomic E-state index is -0.876. The van der Waals surface area contributed by atoms with Crippen molar-refractivity contribution in [2.75, 3.05) is 14.2 Å². The summed E-state index contributed by atoms with van der Waals surface area (Å²) in [7, 11) is 2.98. The number of benzene rings is 1. The number of rotatable bonds is 5. The summed E-state index contributed by atoms with van der Waals surface area (Å²) < 4.78 is 11.0. The second-order valence-electron chi connectivity index (χ2n) is 4.67.